The number of benzene rings is 6. The Morgan fingerprint density at radius 2 is 0.904 bits per heavy atom. The van der Waals surface area contributed by atoms with Crippen LogP contribution >= 0.6 is 44.8 Å². The van der Waals surface area contributed by atoms with Gasteiger partial charge >= 0.3 is 5.97 Å². The van der Waals surface area contributed by atoms with Crippen molar-refractivity contribution >= 4 is 144 Å². The average molecular weight is 1940 g/mol. The predicted molar refractivity (Wildman–Crippen MR) is 511 cm³/mol. The van der Waals surface area contributed by atoms with E-state index < -0.39 is 210 Å². The van der Waals surface area contributed by atoms with Gasteiger partial charge in [-0.2, -0.15) is 0 Å². The number of carboxylic acid groups (broad SMARTS) is 1. The summed E-state index contributed by atoms with van der Waals surface area (Å²) in [4.78, 5) is 217. The molecule has 728 valence electrons. The second-order valence-electron chi connectivity index (χ2n) is 32.9. The number of fused-ring (bicyclic) bond motifs is 2. The number of hydrogen-bond acceptors (Lipinski definition) is 24. The Morgan fingerprint density at radius 1 is 0.474 bits per heavy atom. The molecule has 1 saturated heterocycles. The van der Waals surface area contributed by atoms with Gasteiger partial charge in [0, 0.05) is 66.2 Å². The van der Waals surface area contributed by atoms with Crippen LogP contribution in [0.4, 0.5) is 0 Å². The Hall–Kier alpha value is -12.1. The molecule has 0 saturated carbocycles. The maximum absolute atomic E-state index is 15.4. The van der Waals surface area contributed by atoms with Crippen molar-refractivity contribution in [2.75, 3.05) is 44.8 Å². The number of carbonyl (C=O) groups excluding carboxylic acids is 14. The van der Waals surface area contributed by atoms with Crippen LogP contribution in [0, 0.1) is 0 Å². The average Bonchev–Trinajstić information content (AvgIpc) is 1.31. The van der Waals surface area contributed by atoms with Crippen molar-refractivity contribution in [2.45, 2.75) is 207 Å². The molecule has 2 aliphatic rings. The lowest BCUT2D eigenvalue weighted by atomic mass is 9.77. The quantitative estimate of drug-likeness (QED) is 0.0231. The van der Waals surface area contributed by atoms with E-state index in [4.69, 9.17) is 46.1 Å². The van der Waals surface area contributed by atoms with Crippen molar-refractivity contribution in [1.29, 1.82) is 0 Å². The molecule has 1 aromatic heterocycles. The number of carbonyl (C=O) groups is 15. The maximum atomic E-state index is 15.4. The largest absolute Gasteiger partial charge is 0.480 e. The highest BCUT2D eigenvalue weighted by Gasteiger charge is 2.41. The van der Waals surface area contributed by atoms with Crippen LogP contribution in [0.5, 0.6) is 0 Å². The summed E-state index contributed by atoms with van der Waals surface area (Å²) >= 11 is 12.2. The molecular weight excluding hydrogens is 1820 g/mol. The number of H-pyrrole nitrogens is 1. The minimum absolute atomic E-state index is 0.104. The molecular formula is C93H121Cl2N19O19S2. The monoisotopic (exact) mass is 1940 g/mol. The first-order valence-electron chi connectivity index (χ1n) is 44.3. The number of para-hydroxylation sites is 1. The number of aliphatic hydroxyl groups excluding tert-OH is 3. The molecule has 2 unspecified atom stereocenters. The molecule has 1 aliphatic heterocycles. The molecule has 2 heterocycles. The second-order valence-corrected chi connectivity index (χ2v) is 36.2. The summed E-state index contributed by atoms with van der Waals surface area (Å²) in [5.41, 5.74) is 29.7. The van der Waals surface area contributed by atoms with E-state index in [1.807, 2.05) is 19.2 Å². The van der Waals surface area contributed by atoms with E-state index >= 15 is 14.4 Å². The first-order chi connectivity index (χ1) is 64.6. The van der Waals surface area contributed by atoms with Crippen molar-refractivity contribution < 1.29 is 92.3 Å². The first kappa shape index (κ1) is 108. The fourth-order valence-corrected chi connectivity index (χ4v) is 17.7. The van der Waals surface area contributed by atoms with Gasteiger partial charge in [0.2, 0.25) is 82.7 Å². The third-order valence-electron chi connectivity index (χ3n) is 22.5. The highest BCUT2D eigenvalue weighted by molar-refractivity contribution is 8.76. The molecule has 17 atom stereocenters. The number of carboxylic acids is 1. The van der Waals surface area contributed by atoms with Crippen molar-refractivity contribution in [3.8, 4) is 0 Å². The summed E-state index contributed by atoms with van der Waals surface area (Å²) < 4.78 is 0. The van der Waals surface area contributed by atoms with Gasteiger partial charge in [0.25, 0.3) is 0 Å². The number of aliphatic hydroxyl groups is 3. The Kier molecular flexibility index (Phi) is 44.1. The summed E-state index contributed by atoms with van der Waals surface area (Å²) in [6.07, 6.45) is -1.21. The number of primary amides is 1. The normalized spacial score (nSPS) is 23.4. The highest BCUT2D eigenvalue weighted by atomic mass is 35.5. The Morgan fingerprint density at radius 3 is 1.39 bits per heavy atom. The zero-order valence-electron chi connectivity index (χ0n) is 75.1. The van der Waals surface area contributed by atoms with E-state index in [0.717, 1.165) is 48.3 Å². The summed E-state index contributed by atoms with van der Waals surface area (Å²) in [6.45, 7) is 1.88. The van der Waals surface area contributed by atoms with Crippen LogP contribution in [0.3, 0.4) is 0 Å². The van der Waals surface area contributed by atoms with E-state index in [-0.39, 0.29) is 70.9 Å². The van der Waals surface area contributed by atoms with Gasteiger partial charge in [-0.3, -0.25) is 67.1 Å². The van der Waals surface area contributed by atoms with Crippen LogP contribution in [0.25, 0.3) is 10.9 Å². The molecule has 7 aromatic rings. The van der Waals surface area contributed by atoms with E-state index in [1.165, 1.54) is 23.6 Å². The van der Waals surface area contributed by atoms with E-state index in [2.05, 4.69) is 110 Å². The van der Waals surface area contributed by atoms with Gasteiger partial charge in [-0.1, -0.05) is 184 Å². The number of hydrogen-bond donors (Lipinski definition) is 23. The van der Waals surface area contributed by atoms with Gasteiger partial charge in [-0.05, 0) is 149 Å². The van der Waals surface area contributed by atoms with Crippen LogP contribution in [-0.4, -0.2) is 250 Å². The number of rotatable bonds is 28. The van der Waals surface area contributed by atoms with Gasteiger partial charge in [0.05, 0.1) is 47.9 Å². The lowest BCUT2D eigenvalue weighted by Gasteiger charge is -2.32. The third kappa shape index (κ3) is 34.0. The van der Waals surface area contributed by atoms with E-state index in [9.17, 15) is 78.0 Å². The lowest BCUT2D eigenvalue weighted by molar-refractivity contribution is -0.142. The van der Waals surface area contributed by atoms with Crippen LogP contribution < -0.4 is 97.4 Å². The molecule has 38 nitrogen and oxygen atoms in total. The molecule has 27 N–H and O–H groups in total. The molecule has 1 aliphatic carbocycles. The number of nitrogens with one attached hydrogen (secondary N) is 15. The lowest BCUT2D eigenvalue weighted by Crippen LogP contribution is -2.63. The van der Waals surface area contributed by atoms with E-state index in [0.29, 0.717) is 61.6 Å². The Balaban J connectivity index is 0.000000977. The summed E-state index contributed by atoms with van der Waals surface area (Å²) in [5.74, 6) is -17.3. The molecule has 0 radical (unpaired) electrons. The second kappa shape index (κ2) is 55.1. The first-order valence-corrected chi connectivity index (χ1v) is 47.5. The van der Waals surface area contributed by atoms with Crippen molar-refractivity contribution in [2.24, 2.45) is 22.9 Å². The summed E-state index contributed by atoms with van der Waals surface area (Å²) in [6, 6.07) is 24.7. The molecule has 0 spiro atoms. The highest BCUT2D eigenvalue weighted by Crippen LogP contribution is 2.42. The van der Waals surface area contributed by atoms with Gasteiger partial charge in [-0.25, -0.2) is 4.79 Å². The van der Waals surface area contributed by atoms with Crippen molar-refractivity contribution in [3.05, 3.63) is 213 Å². The number of amides is 14. The maximum Gasteiger partial charge on any atom is 0.327 e. The van der Waals surface area contributed by atoms with Crippen LogP contribution in [0.15, 0.2) is 164 Å². The van der Waals surface area contributed by atoms with Crippen LogP contribution in [0.1, 0.15) is 129 Å². The number of unbranched alkanes of at least 4 members (excludes halogenated alkanes) is 2. The minimum Gasteiger partial charge on any atom is -0.480 e. The van der Waals surface area contributed by atoms with Crippen LogP contribution in [-0.2, 0) is 97.6 Å². The molecule has 0 bridgehead atoms. The van der Waals surface area contributed by atoms with Gasteiger partial charge in [0.1, 0.15) is 72.5 Å². The molecule has 42 heteroatoms. The van der Waals surface area contributed by atoms with Crippen LogP contribution in [0.2, 0.25) is 10.0 Å². The Bertz CT molecular complexity index is 5190. The third-order valence-corrected chi connectivity index (χ3v) is 25.6. The number of nitrogens with two attached hydrogens (primary N) is 4. The number of aliphatic carboxylic acids is 1. The SMILES string of the molecule is CC(O)[C@@H]1NC(=O)[C@H](Cc2ccccc2)NC(=O)[C@H](C(C)O)NC(=O)[C@H](CCCCN)NC(=O)[C@H](Cc2c[nH]c3ccccc23)NC(=O)[C@H](Cc2ccccc2)NC(=O)[C@H](Cc2ccccc2)NC(=O)[C@H](CC(N)=O)NC(=O)[C@H](CCCCN)NC(=O)[C@@H](NC(=O)CNC(=O)[C@H](C)N)CSSC[C@@H](C(=O)O)NC(=O)[C@H](CO)NC1=O.CN[C@H]1CC[C@@H](c2ccc(Cl)c(Cl)c2)c2ccccc21. The molecule has 1 fully saturated rings. The Labute approximate surface area is 799 Å². The zero-order valence-corrected chi connectivity index (χ0v) is 78.3. The number of aromatic amines is 1. The fourth-order valence-electron chi connectivity index (χ4n) is 15.1. The smallest absolute Gasteiger partial charge is 0.327 e. The zero-order chi connectivity index (χ0) is 98.4. The minimum atomic E-state index is -1.99. The molecule has 6 aromatic carbocycles. The fraction of sp³-hybridized carbons (Fsp3) is 0.430. The standard InChI is InChI=1S/C76H104N18O19S2.C17H17Cl2N/c1-41(79)64(100)82-37-61(99)83-58-39-114-115-40-59(76(112)113)92-72(108)57(38-95)91-75(111)63(43(3)97)94-71(107)54(33-46-23-11-6-12-24-46)90-74(110)62(42(2)96)93-66(102)51(28-16-18-30-78)84-69(105)55(34-47-36-81-49-26-14-13-25-48(47)49)88-68(104)53(32-45-21-9-5-10-22-45)86-67(103)52(31-44-19-7-4-8-20-44)87-70(106)56(35-60(80)98)89-65(101)50(85-73(58)109)27-15-17-29-77;1-20-17-9-7-12(13-4-2-3-5-14(13)17)11-6-8-15(18)16(19)10-11/h4-14,19-26,36,41-43,50-59,62-63,81,95-97H,15-18,27-35,37-40,77-79H2,1-3H3,(H2,80,98)(H,82,100)(H,83,99)(H,84,105)(H,85,109)(H,86,103)(H,87,106)(H,88,104)(H,89,101)(H,90,110)(H,91,111)(H,92,108)(H,93,102)(H,94,107)(H,112,113);2-6,8,10,12,17,20H,7,9H2,1H3/t41-,42?,43?,50-,51-,52-,53-,54-,55-,56-,57-,58-,59-,62-,63-;12-,17-/m00/s1. The molecule has 135 heavy (non-hydrogen) atoms. The van der Waals surface area contributed by atoms with Crippen molar-refractivity contribution in [3.63, 3.8) is 0 Å². The number of aromatic nitrogens is 1. The molecule has 9 rings (SSSR count). The predicted octanol–water partition coefficient (Wildman–Crippen LogP) is 0.266. The summed E-state index contributed by atoms with van der Waals surface area (Å²) in [7, 11) is 3.52. The summed E-state index contributed by atoms with van der Waals surface area (Å²) in [5, 5.41) is 80.7. The van der Waals surface area contributed by atoms with Gasteiger partial charge in [0.15, 0.2) is 0 Å². The number of halogens is 2. The van der Waals surface area contributed by atoms with Gasteiger partial charge in [-0.15, -0.1) is 0 Å². The topological polar surface area (TPSA) is 625 Å². The van der Waals surface area contributed by atoms with Gasteiger partial charge < -0.3 is 123 Å². The van der Waals surface area contributed by atoms with E-state index in [1.54, 1.807) is 121 Å². The van der Waals surface area contributed by atoms with Crippen molar-refractivity contribution in [1.82, 2.24) is 79.4 Å². The molecule has 14 amide bonds.